The minimum atomic E-state index is -0.707. The standard InChI is InChI=1S/C20H34O4S/c1-15(21)14-25-13-7-6-9-17-16(18-11-12-19(17)24-18)8-4-2-3-5-10-20(22)23/h2,4,15-19,21H,3,5-14H2,1H3,(H,22,23)/t15?,16-,17+,18-,19+/m1/s1. The first kappa shape index (κ1) is 20.8. The molecule has 4 nitrogen and oxygen atoms in total. The van der Waals surface area contributed by atoms with Gasteiger partial charge in [0.15, 0.2) is 0 Å². The summed E-state index contributed by atoms with van der Waals surface area (Å²) in [4.78, 5) is 10.5. The van der Waals surface area contributed by atoms with Gasteiger partial charge in [-0.25, -0.2) is 0 Å². The van der Waals surface area contributed by atoms with Crippen LogP contribution in [-0.4, -0.2) is 46.0 Å². The molecule has 5 atom stereocenters. The average Bonchev–Trinajstić information content (AvgIpc) is 3.15. The molecule has 144 valence electrons. The van der Waals surface area contributed by atoms with Gasteiger partial charge >= 0.3 is 5.97 Å². The molecule has 2 aliphatic rings. The highest BCUT2D eigenvalue weighted by molar-refractivity contribution is 7.99. The van der Waals surface area contributed by atoms with E-state index in [-0.39, 0.29) is 12.5 Å². The Balaban J connectivity index is 1.64. The molecule has 2 aliphatic heterocycles. The van der Waals surface area contributed by atoms with Gasteiger partial charge in [0.1, 0.15) is 0 Å². The maximum Gasteiger partial charge on any atom is 0.303 e. The second-order valence-corrected chi connectivity index (χ2v) is 8.68. The fourth-order valence-electron chi connectivity index (χ4n) is 4.18. The largest absolute Gasteiger partial charge is 0.481 e. The molecule has 2 N–H and O–H groups in total. The van der Waals surface area contributed by atoms with Crippen molar-refractivity contribution in [3.63, 3.8) is 0 Å². The maximum atomic E-state index is 10.5. The highest BCUT2D eigenvalue weighted by atomic mass is 32.2. The summed E-state index contributed by atoms with van der Waals surface area (Å²) in [6, 6.07) is 0. The highest BCUT2D eigenvalue weighted by Crippen LogP contribution is 2.47. The molecule has 0 spiro atoms. The van der Waals surface area contributed by atoms with E-state index in [0.29, 0.717) is 24.0 Å². The summed E-state index contributed by atoms with van der Waals surface area (Å²) in [5.74, 6) is 2.62. The number of aliphatic carboxylic acids is 1. The molecule has 0 aliphatic carbocycles. The molecule has 0 radical (unpaired) electrons. The van der Waals surface area contributed by atoms with Crippen LogP contribution in [0.15, 0.2) is 12.2 Å². The molecule has 1 unspecified atom stereocenters. The first-order chi connectivity index (χ1) is 12.1. The molecule has 2 fully saturated rings. The third-order valence-corrected chi connectivity index (χ3v) is 6.66. The van der Waals surface area contributed by atoms with E-state index in [2.05, 4.69) is 12.2 Å². The molecule has 2 rings (SSSR count). The third-order valence-electron chi connectivity index (χ3n) is 5.36. The van der Waals surface area contributed by atoms with Gasteiger partial charge in [-0.1, -0.05) is 18.6 Å². The zero-order valence-corrected chi connectivity index (χ0v) is 16.3. The number of unbranched alkanes of at least 4 members (excludes halogenated alkanes) is 2. The number of hydrogen-bond donors (Lipinski definition) is 2. The maximum absolute atomic E-state index is 10.5. The summed E-state index contributed by atoms with van der Waals surface area (Å²) in [6.07, 6.45) is 14.2. The number of thioether (sulfide) groups is 1. The van der Waals surface area contributed by atoms with E-state index in [1.807, 2.05) is 18.7 Å². The summed E-state index contributed by atoms with van der Waals surface area (Å²) in [7, 11) is 0. The highest BCUT2D eigenvalue weighted by Gasteiger charge is 2.47. The number of aliphatic hydroxyl groups is 1. The van der Waals surface area contributed by atoms with Crippen molar-refractivity contribution in [3.8, 4) is 0 Å². The quantitative estimate of drug-likeness (QED) is 0.374. The van der Waals surface area contributed by atoms with Crippen molar-refractivity contribution < 1.29 is 19.7 Å². The number of aliphatic hydroxyl groups excluding tert-OH is 1. The van der Waals surface area contributed by atoms with Crippen LogP contribution in [0.5, 0.6) is 0 Å². The minimum absolute atomic E-state index is 0.198. The van der Waals surface area contributed by atoms with Crippen molar-refractivity contribution in [2.45, 2.75) is 83.0 Å². The van der Waals surface area contributed by atoms with Crippen LogP contribution in [0, 0.1) is 11.8 Å². The van der Waals surface area contributed by atoms with Crippen LogP contribution in [0.2, 0.25) is 0 Å². The van der Waals surface area contributed by atoms with Gasteiger partial charge in [-0.05, 0) is 69.5 Å². The Morgan fingerprint density at radius 3 is 2.68 bits per heavy atom. The Bertz CT molecular complexity index is 424. The first-order valence-electron chi connectivity index (χ1n) is 9.86. The summed E-state index contributed by atoms with van der Waals surface area (Å²) in [5.41, 5.74) is 0. The molecule has 0 aromatic heterocycles. The van der Waals surface area contributed by atoms with E-state index < -0.39 is 5.97 Å². The van der Waals surface area contributed by atoms with Crippen molar-refractivity contribution >= 4 is 17.7 Å². The first-order valence-corrected chi connectivity index (χ1v) is 11.0. The van der Waals surface area contributed by atoms with Crippen LogP contribution in [-0.2, 0) is 9.53 Å². The van der Waals surface area contributed by atoms with Crippen molar-refractivity contribution in [3.05, 3.63) is 12.2 Å². The van der Waals surface area contributed by atoms with E-state index in [0.717, 1.165) is 30.8 Å². The predicted molar refractivity (Wildman–Crippen MR) is 103 cm³/mol. The molecule has 2 saturated heterocycles. The van der Waals surface area contributed by atoms with E-state index in [4.69, 9.17) is 9.84 Å². The van der Waals surface area contributed by atoms with Crippen LogP contribution in [0.25, 0.3) is 0 Å². The second-order valence-electron chi connectivity index (χ2n) is 7.53. The predicted octanol–water partition coefficient (Wildman–Crippen LogP) is 4.27. The number of hydrogen-bond acceptors (Lipinski definition) is 4. The molecule has 0 aromatic carbocycles. The van der Waals surface area contributed by atoms with Crippen LogP contribution >= 0.6 is 11.8 Å². The van der Waals surface area contributed by atoms with Crippen LogP contribution < -0.4 is 0 Å². The van der Waals surface area contributed by atoms with Crippen molar-refractivity contribution in [2.75, 3.05) is 11.5 Å². The lowest BCUT2D eigenvalue weighted by Gasteiger charge is -2.27. The molecule has 0 amide bonds. The van der Waals surface area contributed by atoms with Gasteiger partial charge in [0.05, 0.1) is 18.3 Å². The van der Waals surface area contributed by atoms with Crippen LogP contribution in [0.1, 0.15) is 64.7 Å². The van der Waals surface area contributed by atoms with Gasteiger partial charge in [-0.2, -0.15) is 11.8 Å². The SMILES string of the molecule is CC(O)CSCCCC[C@H]1[C@@H](CC=CCCCC(=O)O)[C@H]2CC[C@@H]1O2. The van der Waals surface area contributed by atoms with Gasteiger partial charge in [0, 0.05) is 12.2 Å². The lowest BCUT2D eigenvalue weighted by atomic mass is 9.75. The average molecular weight is 371 g/mol. The van der Waals surface area contributed by atoms with Crippen molar-refractivity contribution in [2.24, 2.45) is 11.8 Å². The number of carbonyl (C=O) groups is 1. The van der Waals surface area contributed by atoms with Crippen molar-refractivity contribution in [1.29, 1.82) is 0 Å². The molecule has 25 heavy (non-hydrogen) atoms. The molecular formula is C20H34O4S. The number of carboxylic acid groups (broad SMARTS) is 1. The van der Waals surface area contributed by atoms with E-state index in [1.54, 1.807) is 0 Å². The van der Waals surface area contributed by atoms with E-state index in [1.165, 1.54) is 32.1 Å². The number of allylic oxidation sites excluding steroid dienone is 2. The topological polar surface area (TPSA) is 66.8 Å². The fourth-order valence-corrected chi connectivity index (χ4v) is 5.09. The Labute approximate surface area is 156 Å². The smallest absolute Gasteiger partial charge is 0.303 e. The van der Waals surface area contributed by atoms with Crippen LogP contribution in [0.4, 0.5) is 0 Å². The Morgan fingerprint density at radius 1 is 1.20 bits per heavy atom. The number of carboxylic acids is 1. The molecule has 0 aromatic rings. The lowest BCUT2D eigenvalue weighted by molar-refractivity contribution is -0.137. The molecule has 0 saturated carbocycles. The monoisotopic (exact) mass is 370 g/mol. The van der Waals surface area contributed by atoms with Gasteiger partial charge in [0.25, 0.3) is 0 Å². The van der Waals surface area contributed by atoms with Gasteiger partial charge in [0.2, 0.25) is 0 Å². The lowest BCUT2D eigenvalue weighted by Crippen LogP contribution is -2.26. The van der Waals surface area contributed by atoms with E-state index in [9.17, 15) is 9.90 Å². The number of fused-ring (bicyclic) bond motifs is 2. The Kier molecular flexibility index (Phi) is 9.35. The van der Waals surface area contributed by atoms with Gasteiger partial charge < -0.3 is 14.9 Å². The third kappa shape index (κ3) is 7.32. The molecule has 5 heteroatoms. The second kappa shape index (κ2) is 11.2. The Morgan fingerprint density at radius 2 is 1.96 bits per heavy atom. The molecule has 2 heterocycles. The zero-order chi connectivity index (χ0) is 18.1. The normalized spacial score (nSPS) is 29.5. The zero-order valence-electron chi connectivity index (χ0n) is 15.4. The molecule has 2 bridgehead atoms. The fraction of sp³-hybridized carbons (Fsp3) is 0.850. The van der Waals surface area contributed by atoms with Gasteiger partial charge in [-0.15, -0.1) is 0 Å². The van der Waals surface area contributed by atoms with Crippen LogP contribution in [0.3, 0.4) is 0 Å². The number of rotatable bonds is 13. The summed E-state index contributed by atoms with van der Waals surface area (Å²) in [5, 5.41) is 17.9. The summed E-state index contributed by atoms with van der Waals surface area (Å²) < 4.78 is 6.17. The minimum Gasteiger partial charge on any atom is -0.481 e. The molecular weight excluding hydrogens is 336 g/mol. The van der Waals surface area contributed by atoms with Crippen molar-refractivity contribution in [1.82, 2.24) is 0 Å². The summed E-state index contributed by atoms with van der Waals surface area (Å²) in [6.45, 7) is 1.85. The summed E-state index contributed by atoms with van der Waals surface area (Å²) >= 11 is 1.85. The number of ether oxygens (including phenoxy) is 1. The van der Waals surface area contributed by atoms with E-state index >= 15 is 0 Å². The van der Waals surface area contributed by atoms with Gasteiger partial charge in [-0.3, -0.25) is 4.79 Å². The Hall–Kier alpha value is -0.520.